The fourth-order valence-electron chi connectivity index (χ4n) is 1.85. The van der Waals surface area contributed by atoms with Crippen molar-refractivity contribution in [1.29, 1.82) is 0 Å². The summed E-state index contributed by atoms with van der Waals surface area (Å²) in [7, 11) is -1.01. The number of rotatable bonds is 4. The van der Waals surface area contributed by atoms with E-state index in [9.17, 15) is 13.8 Å². The average Bonchev–Trinajstić information content (AvgIpc) is 2.51. The Morgan fingerprint density at radius 2 is 1.68 bits per heavy atom. The molecular formula is C17H21NO3S. The first kappa shape index (κ1) is 18.0. The molecule has 0 aliphatic heterocycles. The third-order valence-corrected chi connectivity index (χ3v) is 3.93. The maximum absolute atomic E-state index is 11.8. The van der Waals surface area contributed by atoms with E-state index in [1.54, 1.807) is 24.6 Å². The highest BCUT2D eigenvalue weighted by Crippen LogP contribution is 2.09. The molecule has 0 amide bonds. The average molecular weight is 319 g/mol. The molecule has 1 atom stereocenters. The van der Waals surface area contributed by atoms with Crippen LogP contribution in [0.15, 0.2) is 52.3 Å². The van der Waals surface area contributed by atoms with Gasteiger partial charge in [-0.15, -0.1) is 0 Å². The molecule has 0 spiro atoms. The number of hydrogen-bond acceptors (Lipinski definition) is 3. The first-order valence-electron chi connectivity index (χ1n) is 7.11. The van der Waals surface area contributed by atoms with Crippen LogP contribution in [-0.4, -0.2) is 20.8 Å². The van der Waals surface area contributed by atoms with Crippen LogP contribution in [0.2, 0.25) is 0 Å². The lowest BCUT2D eigenvalue weighted by atomic mass is 10.2. The van der Waals surface area contributed by atoms with E-state index in [1.807, 2.05) is 26.0 Å². The molecule has 0 saturated heterocycles. The number of ketones is 1. The van der Waals surface area contributed by atoms with Crippen LogP contribution in [0.4, 0.5) is 0 Å². The van der Waals surface area contributed by atoms with Crippen molar-refractivity contribution in [2.45, 2.75) is 32.2 Å². The van der Waals surface area contributed by atoms with Crippen LogP contribution in [0.25, 0.3) is 0 Å². The maximum atomic E-state index is 11.8. The van der Waals surface area contributed by atoms with Crippen molar-refractivity contribution in [3.63, 3.8) is 0 Å². The zero-order valence-electron chi connectivity index (χ0n) is 13.3. The second-order valence-corrected chi connectivity index (χ2v) is 5.92. The van der Waals surface area contributed by atoms with Crippen molar-refractivity contribution in [1.82, 2.24) is 4.57 Å². The minimum absolute atomic E-state index is 0.0736. The summed E-state index contributed by atoms with van der Waals surface area (Å²) in [6, 6.07) is 10.2. The molecule has 0 aliphatic carbocycles. The summed E-state index contributed by atoms with van der Waals surface area (Å²) in [5.74, 6) is -0.0736. The number of aromatic nitrogens is 1. The van der Waals surface area contributed by atoms with Gasteiger partial charge in [0, 0.05) is 39.8 Å². The Balaban J connectivity index is 0.00000116. The second kappa shape index (κ2) is 8.44. The molecule has 0 radical (unpaired) electrons. The molecule has 1 aromatic carbocycles. The lowest BCUT2D eigenvalue weighted by molar-refractivity contribution is 0.101. The number of nitrogens with zero attached hydrogens (tertiary/aromatic N) is 1. The summed E-state index contributed by atoms with van der Waals surface area (Å²) >= 11 is 0. The third kappa shape index (κ3) is 4.77. The fourth-order valence-corrected chi connectivity index (χ4v) is 2.37. The number of pyridine rings is 1. The number of carbonyl (C=O) groups is 1. The van der Waals surface area contributed by atoms with E-state index in [0.29, 0.717) is 12.1 Å². The van der Waals surface area contributed by atoms with Gasteiger partial charge in [-0.1, -0.05) is 26.0 Å². The largest absolute Gasteiger partial charge is 0.310 e. The number of Topliss-reactive ketones (excluding diaryl/α,β-unsaturated/α-hetero) is 1. The standard InChI is InChI=1S/C15H15NO3S.C2H6/c1-11(17)13-5-8-15(18)16(10-13)9-12-3-6-14(7-4-12)20(2)19;1-2/h3-8,10H,9H2,1-2H3;1-2H3. The zero-order chi connectivity index (χ0) is 16.7. The van der Waals surface area contributed by atoms with Gasteiger partial charge in [0.25, 0.3) is 5.56 Å². The lowest BCUT2D eigenvalue weighted by Gasteiger charge is -2.07. The maximum Gasteiger partial charge on any atom is 0.250 e. The van der Waals surface area contributed by atoms with Gasteiger partial charge in [0.2, 0.25) is 0 Å². The Morgan fingerprint density at radius 1 is 1.09 bits per heavy atom. The second-order valence-electron chi connectivity index (χ2n) is 4.54. The van der Waals surface area contributed by atoms with E-state index in [4.69, 9.17) is 0 Å². The fraction of sp³-hybridized carbons (Fsp3) is 0.294. The molecule has 0 bridgehead atoms. The first-order chi connectivity index (χ1) is 10.5. The van der Waals surface area contributed by atoms with E-state index < -0.39 is 10.8 Å². The molecule has 0 saturated carbocycles. The Hall–Kier alpha value is -2.01. The SMILES string of the molecule is CC.CC(=O)c1ccc(=O)n(Cc2ccc(S(C)=O)cc2)c1. The predicted octanol–water partition coefficient (Wildman–Crippen LogP) is 2.86. The molecule has 118 valence electrons. The quantitative estimate of drug-likeness (QED) is 0.814. The van der Waals surface area contributed by atoms with Crippen molar-refractivity contribution in [3.8, 4) is 0 Å². The summed E-state index contributed by atoms with van der Waals surface area (Å²) in [6.45, 7) is 5.85. The normalized spacial score (nSPS) is 11.3. The molecule has 2 rings (SSSR count). The van der Waals surface area contributed by atoms with Gasteiger partial charge in [-0.25, -0.2) is 0 Å². The summed E-state index contributed by atoms with van der Waals surface area (Å²) in [6.07, 6.45) is 3.19. The molecule has 4 nitrogen and oxygen atoms in total. The zero-order valence-corrected chi connectivity index (χ0v) is 14.1. The van der Waals surface area contributed by atoms with E-state index in [0.717, 1.165) is 10.5 Å². The molecular weight excluding hydrogens is 298 g/mol. The molecule has 5 heteroatoms. The lowest BCUT2D eigenvalue weighted by Crippen LogP contribution is -2.20. The molecule has 1 heterocycles. The van der Waals surface area contributed by atoms with Crippen molar-refractivity contribution >= 4 is 16.6 Å². The van der Waals surface area contributed by atoms with Crippen molar-refractivity contribution in [3.05, 3.63) is 64.1 Å². The van der Waals surface area contributed by atoms with Gasteiger partial charge < -0.3 is 4.57 Å². The van der Waals surface area contributed by atoms with Crippen molar-refractivity contribution in [2.24, 2.45) is 0 Å². The van der Waals surface area contributed by atoms with Gasteiger partial charge >= 0.3 is 0 Å². The predicted molar refractivity (Wildman–Crippen MR) is 89.9 cm³/mol. The molecule has 1 unspecified atom stereocenters. The van der Waals surface area contributed by atoms with Crippen LogP contribution in [0.3, 0.4) is 0 Å². The molecule has 0 N–H and O–H groups in total. The molecule has 2 aromatic rings. The number of hydrogen-bond donors (Lipinski definition) is 0. The van der Waals surface area contributed by atoms with Gasteiger partial charge in [-0.3, -0.25) is 13.8 Å². The van der Waals surface area contributed by atoms with Gasteiger partial charge in [-0.05, 0) is 30.7 Å². The van der Waals surface area contributed by atoms with E-state index in [1.165, 1.54) is 23.6 Å². The number of benzene rings is 1. The Morgan fingerprint density at radius 3 is 2.18 bits per heavy atom. The molecule has 1 aromatic heterocycles. The monoisotopic (exact) mass is 319 g/mol. The Bertz CT molecular complexity index is 717. The third-order valence-electron chi connectivity index (χ3n) is 3.00. The van der Waals surface area contributed by atoms with Gasteiger partial charge in [0.15, 0.2) is 5.78 Å². The van der Waals surface area contributed by atoms with E-state index >= 15 is 0 Å². The highest BCUT2D eigenvalue weighted by atomic mass is 32.2. The Labute approximate surface area is 133 Å². The van der Waals surface area contributed by atoms with E-state index in [2.05, 4.69) is 0 Å². The van der Waals surface area contributed by atoms with Crippen LogP contribution in [0.5, 0.6) is 0 Å². The summed E-state index contributed by atoms with van der Waals surface area (Å²) in [5, 5.41) is 0. The van der Waals surface area contributed by atoms with Gasteiger partial charge in [0.1, 0.15) is 0 Å². The van der Waals surface area contributed by atoms with Crippen LogP contribution >= 0.6 is 0 Å². The van der Waals surface area contributed by atoms with Crippen molar-refractivity contribution in [2.75, 3.05) is 6.26 Å². The summed E-state index contributed by atoms with van der Waals surface area (Å²) in [4.78, 5) is 23.9. The highest BCUT2D eigenvalue weighted by Gasteiger charge is 2.04. The van der Waals surface area contributed by atoms with Gasteiger partial charge in [0.05, 0.1) is 6.54 Å². The first-order valence-corrected chi connectivity index (χ1v) is 8.67. The molecule has 22 heavy (non-hydrogen) atoms. The van der Waals surface area contributed by atoms with Crippen LogP contribution in [-0.2, 0) is 17.3 Å². The highest BCUT2D eigenvalue weighted by molar-refractivity contribution is 7.84. The summed E-state index contributed by atoms with van der Waals surface area (Å²) < 4.78 is 12.8. The minimum Gasteiger partial charge on any atom is -0.310 e. The van der Waals surface area contributed by atoms with Crippen LogP contribution < -0.4 is 5.56 Å². The topological polar surface area (TPSA) is 56.1 Å². The minimum atomic E-state index is -1.01. The Kier molecular flexibility index (Phi) is 6.92. The van der Waals surface area contributed by atoms with Crippen LogP contribution in [0.1, 0.15) is 36.7 Å². The molecule has 0 fully saturated rings. The number of carbonyl (C=O) groups excluding carboxylic acids is 1. The van der Waals surface area contributed by atoms with Gasteiger partial charge in [-0.2, -0.15) is 0 Å². The smallest absolute Gasteiger partial charge is 0.250 e. The van der Waals surface area contributed by atoms with Crippen LogP contribution in [0, 0.1) is 0 Å². The summed E-state index contributed by atoms with van der Waals surface area (Å²) in [5.41, 5.74) is 1.27. The van der Waals surface area contributed by atoms with Crippen molar-refractivity contribution < 1.29 is 9.00 Å². The molecule has 0 aliphatic rings. The van der Waals surface area contributed by atoms with E-state index in [-0.39, 0.29) is 11.3 Å².